The molecule has 0 saturated carbocycles. The summed E-state index contributed by atoms with van der Waals surface area (Å²) in [5, 5.41) is 16.6. The van der Waals surface area contributed by atoms with E-state index in [0.29, 0.717) is 24.0 Å². The van der Waals surface area contributed by atoms with E-state index < -0.39 is 5.97 Å². The second-order valence-corrected chi connectivity index (χ2v) is 5.86. The highest BCUT2D eigenvalue weighted by atomic mass is 32.1. The fourth-order valence-corrected chi connectivity index (χ4v) is 2.95. The minimum Gasteiger partial charge on any atom is -0.492 e. The number of fused-ring (bicyclic) bond motifs is 1. The first-order chi connectivity index (χ1) is 11.2. The lowest BCUT2D eigenvalue weighted by molar-refractivity contribution is -0.136. The molecule has 0 bridgehead atoms. The molecule has 0 radical (unpaired) electrons. The van der Waals surface area contributed by atoms with Crippen molar-refractivity contribution in [2.75, 3.05) is 18.5 Å². The number of hydrogen-bond acceptors (Lipinski definition) is 5. The van der Waals surface area contributed by atoms with Gasteiger partial charge in [0.2, 0.25) is 0 Å². The topological polar surface area (TPSA) is 71.5 Å². The fraction of sp³-hybridized carbons (Fsp3) is 0.176. The largest absolute Gasteiger partial charge is 0.492 e. The normalized spacial score (nSPS) is 10.6. The van der Waals surface area contributed by atoms with Gasteiger partial charge < -0.3 is 15.2 Å². The fourth-order valence-electron chi connectivity index (χ4n) is 2.21. The van der Waals surface area contributed by atoms with Crippen molar-refractivity contribution in [3.8, 4) is 5.75 Å². The van der Waals surface area contributed by atoms with Crippen molar-refractivity contribution >= 4 is 33.2 Å². The summed E-state index contributed by atoms with van der Waals surface area (Å²) in [5.74, 6) is -0.0438. The number of thiazole rings is 1. The lowest BCUT2D eigenvalue weighted by atomic mass is 10.1. The van der Waals surface area contributed by atoms with Gasteiger partial charge in [-0.15, -0.1) is 11.3 Å². The van der Waals surface area contributed by atoms with Crippen LogP contribution in [0.25, 0.3) is 10.8 Å². The van der Waals surface area contributed by atoms with Gasteiger partial charge in [0.05, 0.1) is 18.7 Å². The predicted octanol–water partition coefficient (Wildman–Crippen LogP) is 3.41. The maximum absolute atomic E-state index is 10.6. The Morgan fingerprint density at radius 2 is 2.04 bits per heavy atom. The molecular formula is C17H16N2O3S. The van der Waals surface area contributed by atoms with Crippen LogP contribution in [0.3, 0.4) is 0 Å². The highest BCUT2D eigenvalue weighted by Gasteiger charge is 2.05. The monoisotopic (exact) mass is 328 g/mol. The number of carbonyl (C=O) groups is 1. The van der Waals surface area contributed by atoms with Crippen molar-refractivity contribution in [2.24, 2.45) is 0 Å². The third-order valence-electron chi connectivity index (χ3n) is 3.25. The van der Waals surface area contributed by atoms with E-state index in [0.717, 1.165) is 11.1 Å². The van der Waals surface area contributed by atoms with Gasteiger partial charge in [0, 0.05) is 5.38 Å². The summed E-state index contributed by atoms with van der Waals surface area (Å²) < 4.78 is 5.73. The van der Waals surface area contributed by atoms with Crippen molar-refractivity contribution in [1.82, 2.24) is 4.98 Å². The molecule has 0 aliphatic carbocycles. The van der Waals surface area contributed by atoms with Gasteiger partial charge in [0.1, 0.15) is 12.4 Å². The molecule has 23 heavy (non-hydrogen) atoms. The van der Waals surface area contributed by atoms with E-state index in [9.17, 15) is 4.79 Å². The van der Waals surface area contributed by atoms with Gasteiger partial charge in [0.15, 0.2) is 5.13 Å². The zero-order valence-corrected chi connectivity index (χ0v) is 13.2. The molecule has 0 saturated heterocycles. The Balaban J connectivity index is 1.48. The quantitative estimate of drug-likeness (QED) is 0.650. The lowest BCUT2D eigenvalue weighted by Crippen LogP contribution is -2.11. The summed E-state index contributed by atoms with van der Waals surface area (Å²) in [5.41, 5.74) is 0.570. The summed E-state index contributed by atoms with van der Waals surface area (Å²) in [6, 6.07) is 14.2. The smallest absolute Gasteiger partial charge is 0.309 e. The number of aromatic nitrogens is 1. The molecule has 0 atom stereocenters. The number of carboxylic acids is 1. The maximum atomic E-state index is 10.6. The van der Waals surface area contributed by atoms with E-state index >= 15 is 0 Å². The average Bonchev–Trinajstić information content (AvgIpc) is 2.98. The molecular weight excluding hydrogens is 312 g/mol. The number of anilines is 1. The number of nitrogens with zero attached hydrogens (tertiary/aromatic N) is 1. The second kappa shape index (κ2) is 7.11. The SMILES string of the molecule is O=C(O)Cc1csc(NCCOc2ccc3ccccc3c2)n1. The standard InChI is InChI=1S/C17H16N2O3S/c20-16(21)10-14-11-23-17(19-14)18-7-8-22-15-6-5-12-3-1-2-4-13(12)9-15/h1-6,9,11H,7-8,10H2,(H,18,19)(H,20,21). The molecule has 0 aliphatic heterocycles. The van der Waals surface area contributed by atoms with Crippen LogP contribution >= 0.6 is 11.3 Å². The Kier molecular flexibility index (Phi) is 4.73. The van der Waals surface area contributed by atoms with Gasteiger partial charge in [-0.3, -0.25) is 4.79 Å². The Hall–Kier alpha value is -2.60. The van der Waals surface area contributed by atoms with Crippen LogP contribution in [0.1, 0.15) is 5.69 Å². The minimum atomic E-state index is -0.874. The van der Waals surface area contributed by atoms with Crippen molar-refractivity contribution < 1.29 is 14.6 Å². The Bertz CT molecular complexity index is 816. The van der Waals surface area contributed by atoms with Crippen LogP contribution in [-0.2, 0) is 11.2 Å². The number of aliphatic carboxylic acids is 1. The van der Waals surface area contributed by atoms with Crippen LogP contribution < -0.4 is 10.1 Å². The lowest BCUT2D eigenvalue weighted by Gasteiger charge is -2.07. The number of rotatable bonds is 7. The molecule has 6 heteroatoms. The molecule has 118 valence electrons. The van der Waals surface area contributed by atoms with E-state index in [4.69, 9.17) is 9.84 Å². The van der Waals surface area contributed by atoms with Gasteiger partial charge in [-0.25, -0.2) is 4.98 Å². The third-order valence-corrected chi connectivity index (χ3v) is 4.10. The Labute approximate surface area is 137 Å². The predicted molar refractivity (Wildman–Crippen MR) is 91.4 cm³/mol. The zero-order chi connectivity index (χ0) is 16.1. The Morgan fingerprint density at radius 1 is 1.22 bits per heavy atom. The molecule has 0 spiro atoms. The molecule has 0 aliphatic rings. The van der Waals surface area contributed by atoms with E-state index in [2.05, 4.69) is 22.4 Å². The number of benzene rings is 2. The first-order valence-electron chi connectivity index (χ1n) is 7.22. The Morgan fingerprint density at radius 3 is 2.87 bits per heavy atom. The molecule has 2 aromatic carbocycles. The molecule has 0 unspecified atom stereocenters. The van der Waals surface area contributed by atoms with E-state index in [1.807, 2.05) is 30.3 Å². The van der Waals surface area contributed by atoms with Crippen LogP contribution in [0.15, 0.2) is 47.8 Å². The average molecular weight is 328 g/mol. The second-order valence-electron chi connectivity index (χ2n) is 5.00. The minimum absolute atomic E-state index is 0.0498. The van der Waals surface area contributed by atoms with Crippen molar-refractivity contribution in [3.05, 3.63) is 53.5 Å². The first-order valence-corrected chi connectivity index (χ1v) is 8.10. The van der Waals surface area contributed by atoms with Gasteiger partial charge in [0.25, 0.3) is 0 Å². The van der Waals surface area contributed by atoms with Gasteiger partial charge in [-0.05, 0) is 22.9 Å². The zero-order valence-electron chi connectivity index (χ0n) is 12.4. The number of carboxylic acid groups (broad SMARTS) is 1. The first kappa shape index (κ1) is 15.3. The third kappa shape index (κ3) is 4.20. The van der Waals surface area contributed by atoms with Crippen LogP contribution in [-0.4, -0.2) is 29.2 Å². The number of hydrogen-bond donors (Lipinski definition) is 2. The summed E-state index contributed by atoms with van der Waals surface area (Å²) in [7, 11) is 0. The molecule has 3 rings (SSSR count). The highest BCUT2D eigenvalue weighted by molar-refractivity contribution is 7.13. The molecule has 3 aromatic rings. The summed E-state index contributed by atoms with van der Waals surface area (Å²) in [4.78, 5) is 14.8. The van der Waals surface area contributed by atoms with Gasteiger partial charge in [-0.2, -0.15) is 0 Å². The van der Waals surface area contributed by atoms with Crippen molar-refractivity contribution in [2.45, 2.75) is 6.42 Å². The number of nitrogens with one attached hydrogen (secondary N) is 1. The summed E-state index contributed by atoms with van der Waals surface area (Å²) >= 11 is 1.40. The van der Waals surface area contributed by atoms with Crippen LogP contribution in [0.5, 0.6) is 5.75 Å². The molecule has 0 fully saturated rings. The molecule has 5 nitrogen and oxygen atoms in total. The van der Waals surface area contributed by atoms with Gasteiger partial charge >= 0.3 is 5.97 Å². The molecule has 1 heterocycles. The summed E-state index contributed by atoms with van der Waals surface area (Å²) in [6.45, 7) is 1.11. The van der Waals surface area contributed by atoms with Crippen LogP contribution in [0, 0.1) is 0 Å². The van der Waals surface area contributed by atoms with Crippen LogP contribution in [0.2, 0.25) is 0 Å². The van der Waals surface area contributed by atoms with Crippen molar-refractivity contribution in [1.29, 1.82) is 0 Å². The maximum Gasteiger partial charge on any atom is 0.309 e. The molecule has 1 aromatic heterocycles. The van der Waals surface area contributed by atoms with Crippen molar-refractivity contribution in [3.63, 3.8) is 0 Å². The summed E-state index contributed by atoms with van der Waals surface area (Å²) in [6.07, 6.45) is -0.0498. The molecule has 2 N–H and O–H groups in total. The van der Waals surface area contributed by atoms with Crippen LogP contribution in [0.4, 0.5) is 5.13 Å². The molecule has 0 amide bonds. The van der Waals surface area contributed by atoms with E-state index in [1.165, 1.54) is 16.7 Å². The number of ether oxygens (including phenoxy) is 1. The van der Waals surface area contributed by atoms with Gasteiger partial charge in [-0.1, -0.05) is 30.3 Å². The van der Waals surface area contributed by atoms with E-state index in [-0.39, 0.29) is 6.42 Å². The van der Waals surface area contributed by atoms with E-state index in [1.54, 1.807) is 5.38 Å². The highest BCUT2D eigenvalue weighted by Crippen LogP contribution is 2.20.